The van der Waals surface area contributed by atoms with Gasteiger partial charge >= 0.3 is 5.97 Å². The average molecular weight is 200 g/mol. The normalized spacial score (nSPS) is 25.4. The first-order valence-electron chi connectivity index (χ1n) is 5.42. The summed E-state index contributed by atoms with van der Waals surface area (Å²) in [6.07, 6.45) is 3.97. The molecule has 14 heavy (non-hydrogen) atoms. The first kappa shape index (κ1) is 11.5. The molecule has 2 N–H and O–H groups in total. The molecule has 0 spiro atoms. The van der Waals surface area contributed by atoms with Crippen LogP contribution in [0.1, 0.15) is 46.0 Å². The molecule has 0 aromatic heterocycles. The van der Waals surface area contributed by atoms with Crippen molar-refractivity contribution in [2.75, 3.05) is 0 Å². The molecule has 0 radical (unpaired) electrons. The molecule has 1 rings (SSSR count). The Labute approximate surface area is 85.1 Å². The van der Waals surface area contributed by atoms with E-state index in [1.807, 2.05) is 6.92 Å². The van der Waals surface area contributed by atoms with Crippen LogP contribution in [0.4, 0.5) is 0 Å². The molecule has 2 atom stereocenters. The van der Waals surface area contributed by atoms with Crippen molar-refractivity contribution in [1.82, 2.24) is 0 Å². The Morgan fingerprint density at radius 3 is 2.07 bits per heavy atom. The summed E-state index contributed by atoms with van der Waals surface area (Å²) in [7, 11) is 0. The highest BCUT2D eigenvalue weighted by Crippen LogP contribution is 2.44. The molecule has 0 aliphatic heterocycles. The smallest absolute Gasteiger partial charge is 0.310 e. The van der Waals surface area contributed by atoms with Crippen molar-refractivity contribution >= 4 is 5.97 Å². The molecular weight excluding hydrogens is 180 g/mol. The van der Waals surface area contributed by atoms with E-state index in [-0.39, 0.29) is 5.92 Å². The van der Waals surface area contributed by atoms with Crippen molar-refractivity contribution < 1.29 is 15.0 Å². The van der Waals surface area contributed by atoms with Crippen LogP contribution in [0, 0.1) is 11.3 Å². The zero-order chi connectivity index (χ0) is 10.8. The van der Waals surface area contributed by atoms with Gasteiger partial charge in [0.05, 0.1) is 11.5 Å². The van der Waals surface area contributed by atoms with Gasteiger partial charge in [0.1, 0.15) is 0 Å². The summed E-state index contributed by atoms with van der Waals surface area (Å²) in [5.41, 5.74) is -0.674. The fourth-order valence-corrected chi connectivity index (χ4v) is 2.51. The van der Waals surface area contributed by atoms with Crippen molar-refractivity contribution in [3.8, 4) is 0 Å². The largest absolute Gasteiger partial charge is 0.481 e. The highest BCUT2D eigenvalue weighted by Gasteiger charge is 2.45. The van der Waals surface area contributed by atoms with Gasteiger partial charge < -0.3 is 10.2 Å². The predicted octanol–water partition coefficient (Wildman–Crippen LogP) is 2.04. The Hall–Kier alpha value is -0.570. The van der Waals surface area contributed by atoms with Crippen LogP contribution in [-0.4, -0.2) is 22.3 Å². The van der Waals surface area contributed by atoms with Crippen LogP contribution in [0.5, 0.6) is 0 Å². The average Bonchev–Trinajstić information content (AvgIpc) is 2.17. The van der Waals surface area contributed by atoms with Crippen molar-refractivity contribution in [3.63, 3.8) is 0 Å². The summed E-state index contributed by atoms with van der Waals surface area (Å²) in [6, 6.07) is 0. The summed E-state index contributed by atoms with van der Waals surface area (Å²) in [4.78, 5) is 11.3. The van der Waals surface area contributed by atoms with Crippen LogP contribution in [0.15, 0.2) is 0 Å². The van der Waals surface area contributed by atoms with Gasteiger partial charge in [0.15, 0.2) is 0 Å². The number of carboxylic acids is 1. The van der Waals surface area contributed by atoms with Crippen molar-refractivity contribution in [1.29, 1.82) is 0 Å². The van der Waals surface area contributed by atoms with E-state index < -0.39 is 17.5 Å². The van der Waals surface area contributed by atoms with E-state index in [1.165, 1.54) is 0 Å². The van der Waals surface area contributed by atoms with Crippen LogP contribution >= 0.6 is 0 Å². The molecule has 3 nitrogen and oxygen atoms in total. The van der Waals surface area contributed by atoms with Gasteiger partial charge in [-0.1, -0.05) is 26.2 Å². The number of aliphatic hydroxyl groups excluding tert-OH is 1. The van der Waals surface area contributed by atoms with Crippen LogP contribution < -0.4 is 0 Å². The number of hydrogen-bond donors (Lipinski definition) is 2. The lowest BCUT2D eigenvalue weighted by atomic mass is 9.65. The third-order valence-electron chi connectivity index (χ3n) is 3.77. The minimum Gasteiger partial charge on any atom is -0.481 e. The monoisotopic (exact) mass is 200 g/mol. The van der Waals surface area contributed by atoms with Crippen LogP contribution in [0.2, 0.25) is 0 Å². The maximum Gasteiger partial charge on any atom is 0.310 e. The molecule has 0 heterocycles. The fourth-order valence-electron chi connectivity index (χ4n) is 2.51. The van der Waals surface area contributed by atoms with Crippen molar-refractivity contribution in [3.05, 3.63) is 0 Å². The lowest BCUT2D eigenvalue weighted by Gasteiger charge is -2.39. The number of carboxylic acid groups (broad SMARTS) is 1. The van der Waals surface area contributed by atoms with E-state index >= 15 is 0 Å². The van der Waals surface area contributed by atoms with Crippen LogP contribution in [0.25, 0.3) is 0 Å². The Bertz CT molecular complexity index is 205. The molecular formula is C11H20O3. The predicted molar refractivity (Wildman–Crippen MR) is 54.0 cm³/mol. The molecule has 3 heteroatoms. The van der Waals surface area contributed by atoms with Crippen LogP contribution in [0.3, 0.4) is 0 Å². The molecule has 1 aliphatic rings. The quantitative estimate of drug-likeness (QED) is 0.733. The molecule has 0 aromatic rings. The van der Waals surface area contributed by atoms with Gasteiger partial charge in [-0.25, -0.2) is 0 Å². The Balaban J connectivity index is 2.85. The number of rotatable bonds is 3. The zero-order valence-corrected chi connectivity index (χ0v) is 8.99. The molecule has 0 bridgehead atoms. The fraction of sp³-hybridized carbons (Fsp3) is 0.909. The molecule has 1 aliphatic carbocycles. The van der Waals surface area contributed by atoms with E-state index in [4.69, 9.17) is 0 Å². The second-order valence-corrected chi connectivity index (χ2v) is 4.55. The van der Waals surface area contributed by atoms with E-state index in [2.05, 4.69) is 0 Å². The third kappa shape index (κ3) is 1.92. The van der Waals surface area contributed by atoms with E-state index in [0.29, 0.717) is 12.8 Å². The number of aliphatic carboxylic acids is 1. The Morgan fingerprint density at radius 1 is 1.21 bits per heavy atom. The summed E-state index contributed by atoms with van der Waals surface area (Å²) in [5.74, 6) is -0.883. The van der Waals surface area contributed by atoms with Gasteiger partial charge in [0, 0.05) is 0 Å². The molecule has 0 amide bonds. The highest BCUT2D eigenvalue weighted by atomic mass is 16.4. The summed E-state index contributed by atoms with van der Waals surface area (Å²) in [5, 5.41) is 18.8. The van der Waals surface area contributed by atoms with Crippen LogP contribution in [-0.2, 0) is 4.79 Å². The van der Waals surface area contributed by atoms with Gasteiger partial charge in [-0.15, -0.1) is 0 Å². The van der Waals surface area contributed by atoms with Crippen molar-refractivity contribution in [2.45, 2.75) is 52.1 Å². The van der Waals surface area contributed by atoms with E-state index in [1.54, 1.807) is 6.92 Å². The first-order chi connectivity index (χ1) is 6.50. The zero-order valence-electron chi connectivity index (χ0n) is 8.99. The molecule has 0 saturated heterocycles. The molecule has 0 aromatic carbocycles. The second kappa shape index (κ2) is 4.30. The van der Waals surface area contributed by atoms with Gasteiger partial charge in [-0.3, -0.25) is 4.79 Å². The number of aliphatic hydroxyl groups is 1. The van der Waals surface area contributed by atoms with Gasteiger partial charge in [0.2, 0.25) is 0 Å². The Kier molecular flexibility index (Phi) is 3.53. The summed E-state index contributed by atoms with van der Waals surface area (Å²) in [6.45, 7) is 3.54. The number of hydrogen-bond acceptors (Lipinski definition) is 2. The highest BCUT2D eigenvalue weighted by molar-refractivity contribution is 5.75. The lowest BCUT2D eigenvalue weighted by Crippen LogP contribution is -2.43. The molecule has 1 saturated carbocycles. The maximum absolute atomic E-state index is 11.3. The minimum atomic E-state index is -0.731. The van der Waals surface area contributed by atoms with Gasteiger partial charge in [-0.2, -0.15) is 0 Å². The van der Waals surface area contributed by atoms with Crippen molar-refractivity contribution in [2.24, 2.45) is 11.3 Å². The minimum absolute atomic E-state index is 0.153. The SMILES string of the molecule is CC(O)C(C)C1(C(=O)O)CCCCC1. The first-order valence-corrected chi connectivity index (χ1v) is 5.42. The maximum atomic E-state index is 11.3. The summed E-state index contributed by atoms with van der Waals surface area (Å²) >= 11 is 0. The standard InChI is InChI=1S/C11H20O3/c1-8(9(2)12)11(10(13)14)6-4-3-5-7-11/h8-9,12H,3-7H2,1-2H3,(H,13,14). The number of carbonyl (C=O) groups is 1. The Morgan fingerprint density at radius 2 is 1.71 bits per heavy atom. The topological polar surface area (TPSA) is 57.5 Å². The second-order valence-electron chi connectivity index (χ2n) is 4.55. The van der Waals surface area contributed by atoms with Gasteiger partial charge in [-0.05, 0) is 25.7 Å². The van der Waals surface area contributed by atoms with E-state index in [9.17, 15) is 15.0 Å². The molecule has 2 unspecified atom stereocenters. The lowest BCUT2D eigenvalue weighted by molar-refractivity contribution is -0.158. The van der Waals surface area contributed by atoms with Gasteiger partial charge in [0.25, 0.3) is 0 Å². The molecule has 1 fully saturated rings. The summed E-state index contributed by atoms with van der Waals surface area (Å²) < 4.78 is 0. The molecule has 82 valence electrons. The van der Waals surface area contributed by atoms with E-state index in [0.717, 1.165) is 19.3 Å². The third-order valence-corrected chi connectivity index (χ3v) is 3.77.